The van der Waals surface area contributed by atoms with Crippen molar-refractivity contribution in [1.82, 2.24) is 4.31 Å². The molecule has 0 aliphatic heterocycles. The fraction of sp³-hybridized carbons (Fsp3) is 0.417. The van der Waals surface area contributed by atoms with Crippen molar-refractivity contribution in [1.29, 1.82) is 0 Å². The smallest absolute Gasteiger partial charge is 0.336 e. The van der Waals surface area contributed by atoms with E-state index in [1.165, 1.54) is 26.2 Å². The van der Waals surface area contributed by atoms with Crippen molar-refractivity contribution in [2.75, 3.05) is 26.5 Å². The van der Waals surface area contributed by atoms with E-state index in [9.17, 15) is 23.4 Å². The summed E-state index contributed by atoms with van der Waals surface area (Å²) < 4.78 is 25.0. The second-order valence-electron chi connectivity index (χ2n) is 4.40. The minimum atomic E-state index is -3.71. The summed E-state index contributed by atoms with van der Waals surface area (Å²) in [5, 5.41) is 27.2. The molecule has 118 valence electrons. The Morgan fingerprint density at radius 1 is 1.38 bits per heavy atom. The van der Waals surface area contributed by atoms with Gasteiger partial charge in [0.15, 0.2) is 0 Å². The molecule has 3 N–H and O–H groups in total. The number of carboxylic acid groups (broad SMARTS) is 1. The van der Waals surface area contributed by atoms with Crippen molar-refractivity contribution in [2.45, 2.75) is 15.9 Å². The van der Waals surface area contributed by atoms with Gasteiger partial charge in [0, 0.05) is 24.7 Å². The third-order valence-electron chi connectivity index (χ3n) is 2.60. The molecule has 0 radical (unpaired) electrons. The molecule has 1 aromatic rings. The van der Waals surface area contributed by atoms with Crippen molar-refractivity contribution < 1.29 is 28.5 Å². The highest BCUT2D eigenvalue weighted by Gasteiger charge is 2.21. The lowest BCUT2D eigenvalue weighted by Gasteiger charge is -2.14. The fourth-order valence-electron chi connectivity index (χ4n) is 1.41. The molecule has 7 nitrogen and oxygen atoms in total. The van der Waals surface area contributed by atoms with E-state index in [0.29, 0.717) is 4.90 Å². The van der Waals surface area contributed by atoms with Gasteiger partial charge in [-0.1, -0.05) is 0 Å². The zero-order chi connectivity index (χ0) is 16.2. The zero-order valence-corrected chi connectivity index (χ0v) is 13.2. The number of thioether (sulfide) groups is 1. The van der Waals surface area contributed by atoms with Crippen LogP contribution < -0.4 is 0 Å². The maximum Gasteiger partial charge on any atom is 0.336 e. The molecule has 1 rings (SSSR count). The number of carboxylic acids is 1. The molecule has 0 amide bonds. The first-order valence-corrected chi connectivity index (χ1v) is 8.34. The first kappa shape index (κ1) is 17.9. The molecule has 21 heavy (non-hydrogen) atoms. The molecule has 0 spiro atoms. The van der Waals surface area contributed by atoms with Gasteiger partial charge in [-0.15, -0.1) is 11.8 Å². The van der Waals surface area contributed by atoms with E-state index in [1.807, 2.05) is 0 Å². The van der Waals surface area contributed by atoms with Crippen LogP contribution in [-0.4, -0.2) is 66.6 Å². The van der Waals surface area contributed by atoms with Crippen LogP contribution >= 0.6 is 11.8 Å². The molecular weight excluding hydrogens is 318 g/mol. The Kier molecular flexibility index (Phi) is 6.17. The summed E-state index contributed by atoms with van der Waals surface area (Å²) in [4.78, 5) is 11.5. The Morgan fingerprint density at radius 2 is 2.00 bits per heavy atom. The largest absolute Gasteiger partial charge is 0.478 e. The van der Waals surface area contributed by atoms with Crippen LogP contribution in [0.15, 0.2) is 28.0 Å². The van der Waals surface area contributed by atoms with E-state index >= 15 is 0 Å². The van der Waals surface area contributed by atoms with Crippen LogP contribution in [0, 0.1) is 0 Å². The SMILES string of the molecule is CN(C)S(=O)(=O)c1ccc(SCC(O)CO)c(C(=O)O)c1. The van der Waals surface area contributed by atoms with Crippen molar-refractivity contribution in [3.63, 3.8) is 0 Å². The minimum Gasteiger partial charge on any atom is -0.478 e. The molecule has 0 saturated carbocycles. The van der Waals surface area contributed by atoms with Gasteiger partial charge in [-0.25, -0.2) is 17.5 Å². The monoisotopic (exact) mass is 335 g/mol. The number of rotatable bonds is 7. The standard InChI is InChI=1S/C12H17NO6S2/c1-13(2)21(18,19)9-3-4-11(10(5-9)12(16)17)20-7-8(15)6-14/h3-5,8,14-15H,6-7H2,1-2H3,(H,16,17). The molecule has 0 aliphatic carbocycles. The lowest BCUT2D eigenvalue weighted by atomic mass is 10.2. The van der Waals surface area contributed by atoms with E-state index in [-0.39, 0.29) is 16.2 Å². The Morgan fingerprint density at radius 3 is 2.48 bits per heavy atom. The number of sulfonamides is 1. The van der Waals surface area contributed by atoms with Gasteiger partial charge in [-0.3, -0.25) is 0 Å². The maximum atomic E-state index is 12.0. The predicted octanol–water partition coefficient (Wildman–Crippen LogP) is 0.0804. The van der Waals surface area contributed by atoms with E-state index in [0.717, 1.165) is 22.1 Å². The van der Waals surface area contributed by atoms with E-state index < -0.39 is 28.7 Å². The second-order valence-corrected chi connectivity index (χ2v) is 7.61. The molecule has 9 heteroatoms. The van der Waals surface area contributed by atoms with Crippen LogP contribution in [0.2, 0.25) is 0 Å². The fourth-order valence-corrected chi connectivity index (χ4v) is 3.28. The van der Waals surface area contributed by atoms with E-state index in [2.05, 4.69) is 0 Å². The normalized spacial score (nSPS) is 13.4. The number of aliphatic hydroxyl groups is 2. The van der Waals surface area contributed by atoms with Crippen molar-refractivity contribution in [3.8, 4) is 0 Å². The third kappa shape index (κ3) is 4.42. The summed E-state index contributed by atoms with van der Waals surface area (Å²) in [6.45, 7) is -0.428. The molecule has 0 aromatic heterocycles. The zero-order valence-electron chi connectivity index (χ0n) is 11.6. The first-order valence-electron chi connectivity index (χ1n) is 5.91. The lowest BCUT2D eigenvalue weighted by molar-refractivity contribution is 0.0692. The maximum absolute atomic E-state index is 12.0. The first-order chi connectivity index (χ1) is 9.70. The molecule has 0 saturated heterocycles. The Bertz CT molecular complexity index is 614. The van der Waals surface area contributed by atoms with Gasteiger partial charge in [0.2, 0.25) is 10.0 Å². The van der Waals surface area contributed by atoms with Crippen molar-refractivity contribution in [2.24, 2.45) is 0 Å². The Balaban J connectivity index is 3.17. The minimum absolute atomic E-state index is 0.108. The van der Waals surface area contributed by atoms with Crippen molar-refractivity contribution in [3.05, 3.63) is 23.8 Å². The van der Waals surface area contributed by atoms with Gasteiger partial charge >= 0.3 is 5.97 Å². The van der Waals surface area contributed by atoms with Gasteiger partial charge in [0.25, 0.3) is 0 Å². The molecule has 1 unspecified atom stereocenters. The Labute approximate surface area is 127 Å². The summed E-state index contributed by atoms with van der Waals surface area (Å²) in [6.07, 6.45) is -0.971. The molecule has 0 bridgehead atoms. The molecular formula is C12H17NO6S2. The quantitative estimate of drug-likeness (QED) is 0.604. The van der Waals surface area contributed by atoms with Gasteiger partial charge in [0.1, 0.15) is 0 Å². The van der Waals surface area contributed by atoms with E-state index in [1.54, 1.807) is 0 Å². The van der Waals surface area contributed by atoms with Crippen LogP contribution in [0.1, 0.15) is 10.4 Å². The average Bonchev–Trinajstić information content (AvgIpc) is 2.43. The molecule has 0 aliphatic rings. The number of aliphatic hydroxyl groups excluding tert-OH is 2. The number of carbonyl (C=O) groups is 1. The van der Waals surface area contributed by atoms with Crippen LogP contribution in [-0.2, 0) is 10.0 Å². The number of benzene rings is 1. The van der Waals surface area contributed by atoms with Crippen LogP contribution in [0.5, 0.6) is 0 Å². The average molecular weight is 335 g/mol. The van der Waals surface area contributed by atoms with Gasteiger partial charge in [-0.2, -0.15) is 0 Å². The lowest BCUT2D eigenvalue weighted by Crippen LogP contribution is -2.22. The van der Waals surface area contributed by atoms with Crippen LogP contribution in [0.25, 0.3) is 0 Å². The van der Waals surface area contributed by atoms with Gasteiger partial charge in [-0.05, 0) is 18.2 Å². The summed E-state index contributed by atoms with van der Waals surface area (Å²) >= 11 is 1.04. The summed E-state index contributed by atoms with van der Waals surface area (Å²) in [6, 6.07) is 3.79. The highest BCUT2D eigenvalue weighted by molar-refractivity contribution is 7.99. The second kappa shape index (κ2) is 7.23. The van der Waals surface area contributed by atoms with Crippen molar-refractivity contribution >= 4 is 27.8 Å². The summed E-state index contributed by atoms with van der Waals surface area (Å²) in [5.74, 6) is -1.15. The molecule has 0 heterocycles. The number of hydrogen-bond donors (Lipinski definition) is 3. The molecule has 1 atom stereocenters. The topological polar surface area (TPSA) is 115 Å². The Hall–Kier alpha value is -1.13. The van der Waals surface area contributed by atoms with Crippen LogP contribution in [0.3, 0.4) is 0 Å². The third-order valence-corrected chi connectivity index (χ3v) is 5.63. The highest BCUT2D eigenvalue weighted by atomic mass is 32.2. The molecule has 1 aromatic carbocycles. The molecule has 0 fully saturated rings. The predicted molar refractivity (Wildman–Crippen MR) is 78.1 cm³/mol. The van der Waals surface area contributed by atoms with Gasteiger partial charge < -0.3 is 15.3 Å². The van der Waals surface area contributed by atoms with Crippen LogP contribution in [0.4, 0.5) is 0 Å². The number of aromatic carboxylic acids is 1. The highest BCUT2D eigenvalue weighted by Crippen LogP contribution is 2.27. The van der Waals surface area contributed by atoms with E-state index in [4.69, 9.17) is 5.11 Å². The summed E-state index contributed by atoms with van der Waals surface area (Å²) in [5.41, 5.74) is -0.159. The summed E-state index contributed by atoms with van der Waals surface area (Å²) in [7, 11) is -1.000. The number of hydrogen-bond acceptors (Lipinski definition) is 6. The number of nitrogens with zero attached hydrogens (tertiary/aromatic N) is 1. The van der Waals surface area contributed by atoms with Gasteiger partial charge in [0.05, 0.1) is 23.2 Å².